The fourth-order valence-corrected chi connectivity index (χ4v) is 2.39. The molecule has 1 atom stereocenters. The highest BCUT2D eigenvalue weighted by molar-refractivity contribution is 9.10. The van der Waals surface area contributed by atoms with E-state index in [1.807, 2.05) is 48.5 Å². The number of hydrogen-bond donors (Lipinski definition) is 1. The second-order valence-corrected chi connectivity index (χ2v) is 5.37. The number of hydrogen-bond acceptors (Lipinski definition) is 2. The van der Waals surface area contributed by atoms with Crippen molar-refractivity contribution in [2.24, 2.45) is 0 Å². The van der Waals surface area contributed by atoms with Crippen molar-refractivity contribution in [1.82, 2.24) is 0 Å². The highest BCUT2D eigenvalue weighted by Crippen LogP contribution is 2.22. The predicted molar refractivity (Wildman–Crippen MR) is 80.4 cm³/mol. The molecule has 2 nitrogen and oxygen atoms in total. The molecule has 0 radical (unpaired) electrons. The van der Waals surface area contributed by atoms with Gasteiger partial charge in [-0.05, 0) is 48.2 Å². The Labute approximate surface area is 122 Å². The van der Waals surface area contributed by atoms with Gasteiger partial charge in [0.2, 0.25) is 0 Å². The Balaban J connectivity index is 1.94. The number of rotatable bonds is 5. The Hall–Kier alpha value is -1.32. The third-order valence-corrected chi connectivity index (χ3v) is 3.59. The molecule has 1 N–H and O–H groups in total. The van der Waals surface area contributed by atoms with Gasteiger partial charge in [-0.2, -0.15) is 0 Å². The van der Waals surface area contributed by atoms with E-state index >= 15 is 0 Å². The van der Waals surface area contributed by atoms with Crippen molar-refractivity contribution in [3.8, 4) is 5.75 Å². The van der Waals surface area contributed by atoms with E-state index in [9.17, 15) is 5.11 Å². The van der Waals surface area contributed by atoms with Gasteiger partial charge in [0.25, 0.3) is 0 Å². The van der Waals surface area contributed by atoms with Gasteiger partial charge in [-0.25, -0.2) is 0 Å². The summed E-state index contributed by atoms with van der Waals surface area (Å²) in [5.41, 5.74) is 2.15. The molecule has 0 aliphatic heterocycles. The molecule has 0 aromatic heterocycles. The van der Waals surface area contributed by atoms with Crippen LogP contribution in [0.1, 0.15) is 23.7 Å². The Morgan fingerprint density at radius 1 is 1.16 bits per heavy atom. The number of methoxy groups -OCH3 is 1. The summed E-state index contributed by atoms with van der Waals surface area (Å²) in [7, 11) is 1.66. The number of aliphatic hydroxyl groups is 1. The van der Waals surface area contributed by atoms with Gasteiger partial charge in [-0.15, -0.1) is 0 Å². The second-order valence-electron chi connectivity index (χ2n) is 4.46. The van der Waals surface area contributed by atoms with E-state index in [1.54, 1.807) is 7.11 Å². The van der Waals surface area contributed by atoms with E-state index in [2.05, 4.69) is 15.9 Å². The van der Waals surface area contributed by atoms with Gasteiger partial charge in [0.15, 0.2) is 0 Å². The van der Waals surface area contributed by atoms with E-state index < -0.39 is 6.10 Å². The molecule has 19 heavy (non-hydrogen) atoms. The Kier molecular flexibility index (Phi) is 5.00. The summed E-state index contributed by atoms with van der Waals surface area (Å²) in [5.74, 6) is 0.858. The van der Waals surface area contributed by atoms with Crippen molar-refractivity contribution < 1.29 is 9.84 Å². The van der Waals surface area contributed by atoms with Crippen molar-refractivity contribution in [3.63, 3.8) is 0 Å². The van der Waals surface area contributed by atoms with Gasteiger partial charge in [0.05, 0.1) is 13.2 Å². The fraction of sp³-hybridized carbons (Fsp3) is 0.250. The smallest absolute Gasteiger partial charge is 0.118 e. The topological polar surface area (TPSA) is 29.5 Å². The number of aryl methyl sites for hydroxylation is 1. The normalized spacial score (nSPS) is 12.2. The van der Waals surface area contributed by atoms with Gasteiger partial charge in [0.1, 0.15) is 5.75 Å². The van der Waals surface area contributed by atoms with Gasteiger partial charge >= 0.3 is 0 Å². The lowest BCUT2D eigenvalue weighted by Gasteiger charge is -2.11. The molecule has 0 fully saturated rings. The SMILES string of the molecule is COc1ccc(CCC(O)c2cccc(Br)c2)cc1. The number of ether oxygens (including phenoxy) is 1. The number of benzene rings is 2. The Morgan fingerprint density at radius 2 is 1.89 bits per heavy atom. The fourth-order valence-electron chi connectivity index (χ4n) is 1.98. The van der Waals surface area contributed by atoms with Crippen molar-refractivity contribution in [1.29, 1.82) is 0 Å². The first kappa shape index (κ1) is 14.1. The largest absolute Gasteiger partial charge is 0.497 e. The first-order valence-electron chi connectivity index (χ1n) is 6.25. The second kappa shape index (κ2) is 6.73. The van der Waals surface area contributed by atoms with Gasteiger partial charge in [-0.1, -0.05) is 40.2 Å². The van der Waals surface area contributed by atoms with E-state index in [0.717, 1.165) is 22.2 Å². The van der Waals surface area contributed by atoms with E-state index in [4.69, 9.17) is 4.74 Å². The maximum atomic E-state index is 10.2. The molecule has 0 bridgehead atoms. The van der Waals surface area contributed by atoms with E-state index in [-0.39, 0.29) is 0 Å². The zero-order valence-electron chi connectivity index (χ0n) is 10.8. The quantitative estimate of drug-likeness (QED) is 0.897. The maximum Gasteiger partial charge on any atom is 0.118 e. The Bertz CT molecular complexity index is 523. The lowest BCUT2D eigenvalue weighted by Crippen LogP contribution is -1.99. The van der Waals surface area contributed by atoms with Crippen molar-refractivity contribution in [2.75, 3.05) is 7.11 Å². The lowest BCUT2D eigenvalue weighted by atomic mass is 10.0. The van der Waals surface area contributed by atoms with Gasteiger partial charge in [-0.3, -0.25) is 0 Å². The van der Waals surface area contributed by atoms with Crippen LogP contribution in [0.15, 0.2) is 53.0 Å². The molecule has 0 saturated heterocycles. The summed E-state index contributed by atoms with van der Waals surface area (Å²) in [4.78, 5) is 0. The summed E-state index contributed by atoms with van der Waals surface area (Å²) >= 11 is 3.42. The molecule has 2 aromatic rings. The lowest BCUT2D eigenvalue weighted by molar-refractivity contribution is 0.168. The molecule has 2 aromatic carbocycles. The zero-order chi connectivity index (χ0) is 13.7. The number of halogens is 1. The van der Waals surface area contributed by atoms with Crippen LogP contribution < -0.4 is 4.74 Å². The zero-order valence-corrected chi connectivity index (χ0v) is 12.4. The van der Waals surface area contributed by atoms with Gasteiger partial charge < -0.3 is 9.84 Å². The standard InChI is InChI=1S/C16H17BrO2/c1-19-15-8-5-12(6-9-15)7-10-16(18)13-3-2-4-14(17)11-13/h2-6,8-9,11,16,18H,7,10H2,1H3. The minimum atomic E-state index is -0.431. The van der Waals surface area contributed by atoms with Crippen LogP contribution in [0, 0.1) is 0 Å². The minimum absolute atomic E-state index is 0.431. The third kappa shape index (κ3) is 4.08. The van der Waals surface area contributed by atoms with Gasteiger partial charge in [0, 0.05) is 4.47 Å². The average molecular weight is 321 g/mol. The van der Waals surface area contributed by atoms with Crippen LogP contribution in [0.2, 0.25) is 0 Å². The molecule has 2 rings (SSSR count). The van der Waals surface area contributed by atoms with E-state index in [0.29, 0.717) is 6.42 Å². The Morgan fingerprint density at radius 3 is 2.53 bits per heavy atom. The highest BCUT2D eigenvalue weighted by atomic mass is 79.9. The first-order valence-corrected chi connectivity index (χ1v) is 7.05. The van der Waals surface area contributed by atoms with Crippen LogP contribution in [0.4, 0.5) is 0 Å². The summed E-state index contributed by atoms with van der Waals surface area (Å²) < 4.78 is 6.12. The molecular formula is C16H17BrO2. The molecule has 100 valence electrons. The average Bonchev–Trinajstić information content (AvgIpc) is 2.45. The molecule has 0 heterocycles. The first-order chi connectivity index (χ1) is 9.19. The molecule has 1 unspecified atom stereocenters. The molecule has 0 saturated carbocycles. The summed E-state index contributed by atoms with van der Waals surface area (Å²) in [6, 6.07) is 15.8. The third-order valence-electron chi connectivity index (χ3n) is 3.10. The van der Waals surface area contributed by atoms with E-state index in [1.165, 1.54) is 5.56 Å². The predicted octanol–water partition coefficient (Wildman–Crippen LogP) is 4.12. The van der Waals surface area contributed by atoms with Crippen LogP contribution in [0.3, 0.4) is 0 Å². The molecule has 0 aliphatic carbocycles. The summed E-state index contributed by atoms with van der Waals surface area (Å²) in [6.45, 7) is 0. The van der Waals surface area contributed by atoms with Crippen LogP contribution >= 0.6 is 15.9 Å². The van der Waals surface area contributed by atoms with Crippen LogP contribution in [-0.4, -0.2) is 12.2 Å². The van der Waals surface area contributed by atoms with Crippen LogP contribution in [-0.2, 0) is 6.42 Å². The maximum absolute atomic E-state index is 10.2. The molecule has 0 aliphatic rings. The summed E-state index contributed by atoms with van der Waals surface area (Å²) in [6.07, 6.45) is 1.13. The number of aliphatic hydroxyl groups excluding tert-OH is 1. The van der Waals surface area contributed by atoms with Crippen molar-refractivity contribution in [2.45, 2.75) is 18.9 Å². The minimum Gasteiger partial charge on any atom is -0.497 e. The molecule has 0 spiro atoms. The summed E-state index contributed by atoms with van der Waals surface area (Å²) in [5, 5.41) is 10.2. The molecular weight excluding hydrogens is 304 g/mol. The van der Waals surface area contributed by atoms with Crippen molar-refractivity contribution in [3.05, 3.63) is 64.1 Å². The monoisotopic (exact) mass is 320 g/mol. The van der Waals surface area contributed by atoms with Crippen molar-refractivity contribution >= 4 is 15.9 Å². The van der Waals surface area contributed by atoms with Crippen LogP contribution in [0.25, 0.3) is 0 Å². The van der Waals surface area contributed by atoms with Crippen LogP contribution in [0.5, 0.6) is 5.75 Å². The molecule has 3 heteroatoms. The molecule has 0 amide bonds. The highest BCUT2D eigenvalue weighted by Gasteiger charge is 2.08.